The molecule has 4 rings (SSSR count). The summed E-state index contributed by atoms with van der Waals surface area (Å²) >= 11 is 0. The van der Waals surface area contributed by atoms with Gasteiger partial charge in [0.15, 0.2) is 0 Å². The zero-order valence-corrected chi connectivity index (χ0v) is 13.6. The van der Waals surface area contributed by atoms with Crippen LogP contribution in [0.4, 0.5) is 4.39 Å². The third-order valence-electron chi connectivity index (χ3n) is 3.70. The molecule has 0 saturated heterocycles. The van der Waals surface area contributed by atoms with E-state index in [0.29, 0.717) is 11.2 Å². The van der Waals surface area contributed by atoms with Gasteiger partial charge in [-0.25, -0.2) is 9.37 Å². The van der Waals surface area contributed by atoms with Gasteiger partial charge in [-0.2, -0.15) is 5.10 Å². The lowest BCUT2D eigenvalue weighted by Gasteiger charge is -2.00. The third kappa shape index (κ3) is 2.46. The summed E-state index contributed by atoms with van der Waals surface area (Å²) in [4.78, 5) is 11.7. The second-order valence-electron chi connectivity index (χ2n) is 5.10. The van der Waals surface area contributed by atoms with E-state index in [9.17, 15) is 4.39 Å². The molecule has 118 valence electrons. The van der Waals surface area contributed by atoms with E-state index in [1.54, 1.807) is 24.0 Å². The number of aromatic amines is 1. The first-order valence-electron chi connectivity index (χ1n) is 7.55. The van der Waals surface area contributed by atoms with Crippen LogP contribution in [0, 0.1) is 12.7 Å². The molecule has 4 aromatic heterocycles. The molecule has 0 unspecified atom stereocenters. The fourth-order valence-corrected chi connectivity index (χ4v) is 2.60. The highest BCUT2D eigenvalue weighted by Gasteiger charge is 2.13. The molecule has 23 heavy (non-hydrogen) atoms. The first kappa shape index (κ1) is 15.1. The van der Waals surface area contributed by atoms with Gasteiger partial charge in [0.1, 0.15) is 11.5 Å². The Hall–Kier alpha value is -2.76. The van der Waals surface area contributed by atoms with Crippen molar-refractivity contribution < 1.29 is 4.39 Å². The molecule has 0 atom stereocenters. The molecule has 1 N–H and O–H groups in total. The van der Waals surface area contributed by atoms with Crippen molar-refractivity contribution in [2.45, 2.75) is 20.8 Å². The van der Waals surface area contributed by atoms with E-state index in [4.69, 9.17) is 0 Å². The summed E-state index contributed by atoms with van der Waals surface area (Å²) in [6, 6.07) is 1.94. The molecule has 0 aliphatic heterocycles. The molecule has 0 aliphatic rings. The Balaban J connectivity index is 0.000000753. The second-order valence-corrected chi connectivity index (χ2v) is 5.10. The van der Waals surface area contributed by atoms with Crippen molar-refractivity contribution in [2.75, 3.05) is 0 Å². The number of fused-ring (bicyclic) bond motifs is 3. The maximum atomic E-state index is 13.8. The third-order valence-corrected chi connectivity index (χ3v) is 3.70. The molecule has 0 amide bonds. The topological polar surface area (TPSA) is 59.4 Å². The summed E-state index contributed by atoms with van der Waals surface area (Å²) in [6.07, 6.45) is 6.64. The molecule has 0 radical (unpaired) electrons. The van der Waals surface area contributed by atoms with Crippen LogP contribution in [-0.2, 0) is 7.05 Å². The van der Waals surface area contributed by atoms with E-state index in [-0.39, 0.29) is 5.82 Å². The number of hydrogen-bond acceptors (Lipinski definition) is 3. The summed E-state index contributed by atoms with van der Waals surface area (Å²) in [5.41, 5.74) is 3.85. The number of H-pyrrole nitrogens is 1. The highest BCUT2D eigenvalue weighted by Crippen LogP contribution is 2.30. The Bertz CT molecular complexity index is 983. The van der Waals surface area contributed by atoms with E-state index >= 15 is 0 Å². The Morgan fingerprint density at radius 3 is 2.61 bits per heavy atom. The normalized spacial score (nSPS) is 10.8. The zero-order valence-electron chi connectivity index (χ0n) is 13.6. The van der Waals surface area contributed by atoms with Gasteiger partial charge in [-0.3, -0.25) is 9.67 Å². The van der Waals surface area contributed by atoms with Crippen LogP contribution in [0.1, 0.15) is 19.4 Å². The number of halogens is 1. The number of aromatic nitrogens is 5. The van der Waals surface area contributed by atoms with Gasteiger partial charge in [0.25, 0.3) is 0 Å². The van der Waals surface area contributed by atoms with Gasteiger partial charge in [0, 0.05) is 29.6 Å². The van der Waals surface area contributed by atoms with Crippen molar-refractivity contribution in [3.05, 3.63) is 42.2 Å². The average molecular weight is 311 g/mol. The summed E-state index contributed by atoms with van der Waals surface area (Å²) in [5, 5.41) is 5.87. The van der Waals surface area contributed by atoms with Gasteiger partial charge in [-0.1, -0.05) is 13.8 Å². The summed E-state index contributed by atoms with van der Waals surface area (Å²) in [7, 11) is 1.86. The minimum atomic E-state index is -0.303. The van der Waals surface area contributed by atoms with Crippen molar-refractivity contribution >= 4 is 21.9 Å². The van der Waals surface area contributed by atoms with E-state index < -0.39 is 0 Å². The van der Waals surface area contributed by atoms with Crippen LogP contribution in [-0.4, -0.2) is 24.7 Å². The summed E-state index contributed by atoms with van der Waals surface area (Å²) < 4.78 is 15.5. The lowest BCUT2D eigenvalue weighted by molar-refractivity contribution is 0.615. The molecule has 5 nitrogen and oxygen atoms in total. The van der Waals surface area contributed by atoms with Crippen LogP contribution < -0.4 is 0 Å². The molecule has 0 aliphatic carbocycles. The Morgan fingerprint density at radius 2 is 1.91 bits per heavy atom. The van der Waals surface area contributed by atoms with Crippen LogP contribution in [0.5, 0.6) is 0 Å². The molecule has 0 aromatic carbocycles. The Kier molecular flexibility index (Phi) is 3.82. The molecule has 0 fully saturated rings. The number of nitrogens with one attached hydrogen (secondary N) is 1. The molecule has 4 heterocycles. The van der Waals surface area contributed by atoms with Crippen LogP contribution in [0.15, 0.2) is 30.9 Å². The van der Waals surface area contributed by atoms with Gasteiger partial charge < -0.3 is 4.98 Å². The molecule has 0 spiro atoms. The van der Waals surface area contributed by atoms with Crippen molar-refractivity contribution in [1.29, 1.82) is 0 Å². The Labute approximate surface area is 133 Å². The average Bonchev–Trinajstić information content (AvgIpc) is 3.16. The Morgan fingerprint density at radius 1 is 1.13 bits per heavy atom. The lowest BCUT2D eigenvalue weighted by atomic mass is 10.1. The monoisotopic (exact) mass is 311 g/mol. The SMILES string of the molecule is CC.Cc1c(F)cnc2[nH]c3cnc(-c4cnn(C)c4)cc3c12. The molecule has 0 bridgehead atoms. The lowest BCUT2D eigenvalue weighted by Crippen LogP contribution is -1.86. The van der Waals surface area contributed by atoms with E-state index in [1.807, 2.05) is 33.2 Å². The molecular weight excluding hydrogens is 293 g/mol. The number of rotatable bonds is 1. The fourth-order valence-electron chi connectivity index (χ4n) is 2.60. The number of nitrogens with zero attached hydrogens (tertiary/aromatic N) is 4. The minimum Gasteiger partial charge on any atom is -0.338 e. The van der Waals surface area contributed by atoms with Crippen molar-refractivity contribution in [2.24, 2.45) is 7.05 Å². The molecule has 4 aromatic rings. The summed E-state index contributed by atoms with van der Waals surface area (Å²) in [6.45, 7) is 5.76. The quantitative estimate of drug-likeness (QED) is 0.578. The van der Waals surface area contributed by atoms with Gasteiger partial charge in [0.05, 0.1) is 29.8 Å². The highest BCUT2D eigenvalue weighted by molar-refractivity contribution is 6.08. The number of aryl methyl sites for hydroxylation is 2. The van der Waals surface area contributed by atoms with Gasteiger partial charge >= 0.3 is 0 Å². The van der Waals surface area contributed by atoms with E-state index in [1.165, 1.54) is 6.20 Å². The van der Waals surface area contributed by atoms with Crippen LogP contribution in [0.3, 0.4) is 0 Å². The number of hydrogen-bond donors (Lipinski definition) is 1. The standard InChI is InChI=1S/C15H12FN5.C2H6/c1-8-11(16)5-18-15-14(8)10-3-12(17-6-13(10)20-15)9-4-19-21(2)7-9;1-2/h3-7H,1-2H3,(H,18,20);1-2H3. The van der Waals surface area contributed by atoms with Crippen molar-refractivity contribution in [3.8, 4) is 11.3 Å². The summed E-state index contributed by atoms with van der Waals surface area (Å²) in [5.74, 6) is -0.303. The molecule has 6 heteroatoms. The zero-order chi connectivity index (χ0) is 16.6. The van der Waals surface area contributed by atoms with E-state index in [2.05, 4.69) is 20.1 Å². The number of pyridine rings is 2. The van der Waals surface area contributed by atoms with Gasteiger partial charge in [-0.05, 0) is 18.6 Å². The first-order chi connectivity index (χ1) is 11.1. The van der Waals surface area contributed by atoms with E-state index in [0.717, 1.165) is 27.5 Å². The first-order valence-corrected chi connectivity index (χ1v) is 7.55. The maximum Gasteiger partial charge on any atom is 0.145 e. The maximum absolute atomic E-state index is 13.8. The molecule has 0 saturated carbocycles. The van der Waals surface area contributed by atoms with Gasteiger partial charge in [-0.15, -0.1) is 0 Å². The van der Waals surface area contributed by atoms with Crippen molar-refractivity contribution in [1.82, 2.24) is 24.7 Å². The second kappa shape index (κ2) is 5.79. The van der Waals surface area contributed by atoms with Crippen LogP contribution >= 0.6 is 0 Å². The smallest absolute Gasteiger partial charge is 0.145 e. The predicted octanol–water partition coefficient (Wildman–Crippen LogP) is 3.99. The fraction of sp³-hybridized carbons (Fsp3) is 0.235. The van der Waals surface area contributed by atoms with Crippen molar-refractivity contribution in [3.63, 3.8) is 0 Å². The van der Waals surface area contributed by atoms with Crippen LogP contribution in [0.25, 0.3) is 33.2 Å². The molecular formula is C17H18FN5. The highest BCUT2D eigenvalue weighted by atomic mass is 19.1. The van der Waals surface area contributed by atoms with Crippen LogP contribution in [0.2, 0.25) is 0 Å². The largest absolute Gasteiger partial charge is 0.338 e. The van der Waals surface area contributed by atoms with Gasteiger partial charge in [0.2, 0.25) is 0 Å². The minimum absolute atomic E-state index is 0.303. The predicted molar refractivity (Wildman–Crippen MR) is 89.6 cm³/mol.